The molecule has 1 aromatic carbocycles. The molecule has 0 aliphatic heterocycles. The molecule has 8 heteroatoms. The summed E-state index contributed by atoms with van der Waals surface area (Å²) >= 11 is 0. The van der Waals surface area contributed by atoms with Crippen molar-refractivity contribution < 1.29 is 34.1 Å². The summed E-state index contributed by atoms with van der Waals surface area (Å²) in [5.41, 5.74) is 0.0786. The minimum atomic E-state index is -1.53. The number of ether oxygens (including phenoxy) is 2. The predicted octanol–water partition coefficient (Wildman–Crippen LogP) is 0.361. The highest BCUT2D eigenvalue weighted by Crippen LogP contribution is 2.24. The van der Waals surface area contributed by atoms with Gasteiger partial charge >= 0.3 is 11.9 Å². The number of benzene rings is 1. The lowest BCUT2D eigenvalue weighted by Gasteiger charge is -2.14. The molecule has 21 heavy (non-hydrogen) atoms. The van der Waals surface area contributed by atoms with Gasteiger partial charge in [0.15, 0.2) is 0 Å². The van der Waals surface area contributed by atoms with E-state index < -0.39 is 30.3 Å². The molecular formula is C13H15NO7. The second kappa shape index (κ2) is 7.13. The fraction of sp³-hybridized carbons (Fsp3) is 0.308. The van der Waals surface area contributed by atoms with Gasteiger partial charge in [-0.25, -0.2) is 4.79 Å². The Balaban J connectivity index is 2.96. The van der Waals surface area contributed by atoms with Crippen molar-refractivity contribution in [2.24, 2.45) is 0 Å². The largest absolute Gasteiger partial charge is 0.497 e. The van der Waals surface area contributed by atoms with E-state index in [-0.39, 0.29) is 11.3 Å². The van der Waals surface area contributed by atoms with Crippen LogP contribution in [0.2, 0.25) is 0 Å². The van der Waals surface area contributed by atoms with Crippen LogP contribution in [-0.4, -0.2) is 48.3 Å². The van der Waals surface area contributed by atoms with E-state index in [1.165, 1.54) is 32.4 Å². The van der Waals surface area contributed by atoms with Crippen LogP contribution in [0, 0.1) is 0 Å². The third-order valence-corrected chi connectivity index (χ3v) is 2.64. The Morgan fingerprint density at radius 1 is 1.19 bits per heavy atom. The molecule has 0 aliphatic carbocycles. The van der Waals surface area contributed by atoms with Crippen molar-refractivity contribution in [1.29, 1.82) is 0 Å². The molecule has 1 atom stereocenters. The number of amides is 1. The van der Waals surface area contributed by atoms with Crippen LogP contribution in [0.1, 0.15) is 16.8 Å². The molecule has 1 rings (SSSR count). The average Bonchev–Trinajstić information content (AvgIpc) is 2.45. The molecule has 114 valence electrons. The maximum absolute atomic E-state index is 12.0. The van der Waals surface area contributed by atoms with Gasteiger partial charge in [0, 0.05) is 6.07 Å². The molecule has 0 bridgehead atoms. The summed E-state index contributed by atoms with van der Waals surface area (Å²) in [6.45, 7) is 0. The number of carboxylic acid groups (broad SMARTS) is 2. The van der Waals surface area contributed by atoms with Crippen molar-refractivity contribution in [1.82, 2.24) is 5.32 Å². The van der Waals surface area contributed by atoms with Crippen molar-refractivity contribution >= 4 is 17.8 Å². The molecule has 0 saturated carbocycles. The highest BCUT2D eigenvalue weighted by molar-refractivity contribution is 5.99. The molecule has 0 unspecified atom stereocenters. The van der Waals surface area contributed by atoms with Crippen molar-refractivity contribution in [3.05, 3.63) is 23.8 Å². The Kier molecular flexibility index (Phi) is 5.53. The van der Waals surface area contributed by atoms with Crippen LogP contribution in [0.4, 0.5) is 0 Å². The van der Waals surface area contributed by atoms with Crippen molar-refractivity contribution in [3.8, 4) is 11.5 Å². The number of hydrogen-bond donors (Lipinski definition) is 3. The SMILES string of the molecule is COc1ccc(C(=O)N[C@@H](CC(=O)O)C(=O)O)c(OC)c1. The zero-order chi connectivity index (χ0) is 16.0. The van der Waals surface area contributed by atoms with Gasteiger partial charge in [0.1, 0.15) is 17.5 Å². The van der Waals surface area contributed by atoms with Crippen LogP contribution in [-0.2, 0) is 9.59 Å². The Labute approximate surface area is 120 Å². The van der Waals surface area contributed by atoms with E-state index in [4.69, 9.17) is 19.7 Å². The van der Waals surface area contributed by atoms with Crippen LogP contribution >= 0.6 is 0 Å². The summed E-state index contributed by atoms with van der Waals surface area (Å²) in [7, 11) is 2.79. The fourth-order valence-corrected chi connectivity index (χ4v) is 1.60. The first-order valence-corrected chi connectivity index (χ1v) is 5.86. The lowest BCUT2D eigenvalue weighted by atomic mass is 10.1. The fourth-order valence-electron chi connectivity index (χ4n) is 1.60. The van der Waals surface area contributed by atoms with Gasteiger partial charge in [-0.2, -0.15) is 0 Å². The monoisotopic (exact) mass is 297 g/mol. The standard InChI is InChI=1S/C13H15NO7/c1-20-7-3-4-8(10(5-7)21-2)12(17)14-9(13(18)19)6-11(15)16/h3-5,9H,6H2,1-2H3,(H,14,17)(H,15,16)(H,18,19)/t9-/m0/s1. The normalized spacial score (nSPS) is 11.3. The topological polar surface area (TPSA) is 122 Å². The maximum atomic E-state index is 12.0. The molecule has 3 N–H and O–H groups in total. The van der Waals surface area contributed by atoms with Gasteiger partial charge in [0.25, 0.3) is 5.91 Å². The third kappa shape index (κ3) is 4.37. The number of nitrogens with one attached hydrogen (secondary N) is 1. The summed E-state index contributed by atoms with van der Waals surface area (Å²) in [5.74, 6) is -2.86. The molecule has 1 amide bonds. The molecule has 8 nitrogen and oxygen atoms in total. The van der Waals surface area contributed by atoms with Crippen LogP contribution in [0.25, 0.3) is 0 Å². The third-order valence-electron chi connectivity index (χ3n) is 2.64. The molecule has 1 aromatic rings. The zero-order valence-electron chi connectivity index (χ0n) is 11.5. The molecule has 0 aliphatic rings. The van der Waals surface area contributed by atoms with E-state index in [2.05, 4.69) is 5.32 Å². The minimum absolute atomic E-state index is 0.0786. The van der Waals surface area contributed by atoms with Gasteiger partial charge in [-0.1, -0.05) is 0 Å². The number of carboxylic acids is 2. The Hall–Kier alpha value is -2.77. The minimum Gasteiger partial charge on any atom is -0.497 e. The zero-order valence-corrected chi connectivity index (χ0v) is 11.5. The van der Waals surface area contributed by atoms with Gasteiger partial charge in [0.2, 0.25) is 0 Å². The second-order valence-corrected chi connectivity index (χ2v) is 4.03. The lowest BCUT2D eigenvalue weighted by molar-refractivity contribution is -0.145. The Bertz CT molecular complexity index is 555. The highest BCUT2D eigenvalue weighted by atomic mass is 16.5. The smallest absolute Gasteiger partial charge is 0.326 e. The van der Waals surface area contributed by atoms with E-state index in [0.29, 0.717) is 5.75 Å². The molecule has 0 saturated heterocycles. The molecule has 0 spiro atoms. The van der Waals surface area contributed by atoms with Crippen LogP contribution < -0.4 is 14.8 Å². The van der Waals surface area contributed by atoms with Gasteiger partial charge in [-0.3, -0.25) is 9.59 Å². The van der Waals surface area contributed by atoms with Crippen molar-refractivity contribution in [3.63, 3.8) is 0 Å². The van der Waals surface area contributed by atoms with Gasteiger partial charge in [-0.05, 0) is 12.1 Å². The van der Waals surface area contributed by atoms with Gasteiger partial charge < -0.3 is 25.0 Å². The Morgan fingerprint density at radius 2 is 1.86 bits per heavy atom. The van der Waals surface area contributed by atoms with Gasteiger partial charge in [0.05, 0.1) is 26.2 Å². The number of aliphatic carboxylic acids is 2. The first-order valence-electron chi connectivity index (χ1n) is 5.86. The number of rotatable bonds is 7. The summed E-state index contributed by atoms with van der Waals surface area (Å²) in [6, 6.07) is 2.83. The van der Waals surface area contributed by atoms with Crippen molar-refractivity contribution in [2.45, 2.75) is 12.5 Å². The van der Waals surface area contributed by atoms with Crippen LogP contribution in [0.3, 0.4) is 0 Å². The Morgan fingerprint density at radius 3 is 2.33 bits per heavy atom. The lowest BCUT2D eigenvalue weighted by Crippen LogP contribution is -2.42. The molecule has 0 fully saturated rings. The van der Waals surface area contributed by atoms with E-state index in [9.17, 15) is 14.4 Å². The van der Waals surface area contributed by atoms with E-state index in [0.717, 1.165) is 0 Å². The van der Waals surface area contributed by atoms with Crippen molar-refractivity contribution in [2.75, 3.05) is 14.2 Å². The summed E-state index contributed by atoms with van der Waals surface area (Å²) in [5, 5.41) is 19.7. The van der Waals surface area contributed by atoms with E-state index in [1.807, 2.05) is 0 Å². The van der Waals surface area contributed by atoms with E-state index >= 15 is 0 Å². The molecular weight excluding hydrogens is 282 g/mol. The number of methoxy groups -OCH3 is 2. The summed E-state index contributed by atoms with van der Waals surface area (Å²) in [4.78, 5) is 33.5. The molecule has 0 radical (unpaired) electrons. The predicted molar refractivity (Wildman–Crippen MR) is 70.7 cm³/mol. The quantitative estimate of drug-likeness (QED) is 0.664. The van der Waals surface area contributed by atoms with Crippen LogP contribution in [0.15, 0.2) is 18.2 Å². The molecule has 0 heterocycles. The van der Waals surface area contributed by atoms with E-state index in [1.54, 1.807) is 0 Å². The van der Waals surface area contributed by atoms with Crippen LogP contribution in [0.5, 0.6) is 11.5 Å². The average molecular weight is 297 g/mol. The summed E-state index contributed by atoms with van der Waals surface area (Å²) in [6.07, 6.45) is -0.723. The summed E-state index contributed by atoms with van der Waals surface area (Å²) < 4.78 is 10.0. The second-order valence-electron chi connectivity index (χ2n) is 4.03. The first kappa shape index (κ1) is 16.3. The number of carbonyl (C=O) groups excluding carboxylic acids is 1. The number of carbonyl (C=O) groups is 3. The molecule has 0 aromatic heterocycles. The first-order chi connectivity index (χ1) is 9.88. The van der Waals surface area contributed by atoms with Gasteiger partial charge in [-0.15, -0.1) is 0 Å². The maximum Gasteiger partial charge on any atom is 0.326 e. The highest BCUT2D eigenvalue weighted by Gasteiger charge is 2.25. The number of hydrogen-bond acceptors (Lipinski definition) is 5.